The molecule has 18 heavy (non-hydrogen) atoms. The third kappa shape index (κ3) is 2.67. The van der Waals surface area contributed by atoms with E-state index in [1.807, 2.05) is 0 Å². The first-order chi connectivity index (χ1) is 8.40. The predicted octanol–water partition coefficient (Wildman–Crippen LogP) is 5.21. The van der Waals surface area contributed by atoms with Gasteiger partial charge in [0.25, 0.3) is 0 Å². The highest BCUT2D eigenvalue weighted by atomic mass is 79.9. The average molecular weight is 413 g/mol. The van der Waals surface area contributed by atoms with Crippen molar-refractivity contribution in [3.05, 3.63) is 48.4 Å². The van der Waals surface area contributed by atoms with Gasteiger partial charge in [-0.3, -0.25) is 4.79 Å². The van der Waals surface area contributed by atoms with Crippen molar-refractivity contribution in [2.45, 2.75) is 6.42 Å². The summed E-state index contributed by atoms with van der Waals surface area (Å²) in [7, 11) is 0. The van der Waals surface area contributed by atoms with Crippen molar-refractivity contribution in [2.75, 3.05) is 0 Å². The smallest absolute Gasteiger partial charge is 0.193 e. The predicted molar refractivity (Wildman–Crippen MR) is 80.0 cm³/mol. The van der Waals surface area contributed by atoms with Crippen LogP contribution in [0.25, 0.3) is 0 Å². The van der Waals surface area contributed by atoms with E-state index in [2.05, 4.69) is 31.9 Å². The lowest BCUT2D eigenvalue weighted by Gasteiger charge is -2.07. The molecule has 0 unspecified atom stereocenters. The molecule has 0 amide bonds. The number of benzene rings is 1. The summed E-state index contributed by atoms with van der Waals surface area (Å²) in [5.41, 5.74) is 0.670. The first kappa shape index (κ1) is 14.1. The second-order valence-corrected chi connectivity index (χ2v) is 6.37. The SMILES string of the molecule is O=C(C1=CC(Br)=C(Br)C1)c1cc(Cl)cc(Cl)c1O. The van der Waals surface area contributed by atoms with E-state index in [-0.39, 0.29) is 22.1 Å². The van der Waals surface area contributed by atoms with Gasteiger partial charge in [0.05, 0.1) is 10.6 Å². The summed E-state index contributed by atoms with van der Waals surface area (Å²) in [5.74, 6) is -0.533. The molecule has 0 saturated heterocycles. The van der Waals surface area contributed by atoms with Gasteiger partial charge in [-0.2, -0.15) is 0 Å². The van der Waals surface area contributed by atoms with Gasteiger partial charge < -0.3 is 5.11 Å². The Morgan fingerprint density at radius 3 is 2.50 bits per heavy atom. The van der Waals surface area contributed by atoms with Gasteiger partial charge in [0, 0.05) is 26.0 Å². The van der Waals surface area contributed by atoms with Crippen molar-refractivity contribution in [3.8, 4) is 5.75 Å². The van der Waals surface area contributed by atoms with Crippen LogP contribution < -0.4 is 0 Å². The van der Waals surface area contributed by atoms with Gasteiger partial charge in [0.2, 0.25) is 0 Å². The van der Waals surface area contributed by atoms with Gasteiger partial charge in [0.15, 0.2) is 5.78 Å². The molecule has 94 valence electrons. The van der Waals surface area contributed by atoms with E-state index >= 15 is 0 Å². The van der Waals surface area contributed by atoms with Crippen molar-refractivity contribution < 1.29 is 9.90 Å². The Kier molecular flexibility index (Phi) is 4.22. The minimum Gasteiger partial charge on any atom is -0.506 e. The number of hydrogen-bond acceptors (Lipinski definition) is 2. The number of allylic oxidation sites excluding steroid dienone is 4. The van der Waals surface area contributed by atoms with E-state index in [1.165, 1.54) is 12.1 Å². The number of ketones is 1. The quantitative estimate of drug-likeness (QED) is 0.677. The monoisotopic (exact) mass is 410 g/mol. The van der Waals surface area contributed by atoms with Crippen LogP contribution in [-0.2, 0) is 0 Å². The van der Waals surface area contributed by atoms with E-state index in [0.717, 1.165) is 8.96 Å². The van der Waals surface area contributed by atoms with Gasteiger partial charge in [0.1, 0.15) is 5.75 Å². The van der Waals surface area contributed by atoms with Crippen LogP contribution in [0.15, 0.2) is 32.7 Å². The summed E-state index contributed by atoms with van der Waals surface area (Å²) < 4.78 is 1.71. The Morgan fingerprint density at radius 2 is 1.94 bits per heavy atom. The molecule has 1 aliphatic carbocycles. The number of carbonyl (C=O) groups is 1. The summed E-state index contributed by atoms with van der Waals surface area (Å²) in [6.45, 7) is 0. The Morgan fingerprint density at radius 1 is 1.28 bits per heavy atom. The second-order valence-electron chi connectivity index (χ2n) is 3.71. The van der Waals surface area contributed by atoms with Crippen LogP contribution in [0.4, 0.5) is 0 Å². The normalized spacial score (nSPS) is 15.0. The van der Waals surface area contributed by atoms with Crippen LogP contribution in [0.2, 0.25) is 10.0 Å². The molecule has 0 fully saturated rings. The maximum atomic E-state index is 12.2. The fourth-order valence-corrected chi connectivity index (χ4v) is 2.92. The van der Waals surface area contributed by atoms with Crippen LogP contribution in [0.1, 0.15) is 16.8 Å². The molecule has 0 heterocycles. The molecule has 0 radical (unpaired) electrons. The number of aromatic hydroxyl groups is 1. The number of halogens is 4. The molecule has 1 aromatic carbocycles. The Balaban J connectivity index is 2.40. The van der Waals surface area contributed by atoms with Crippen molar-refractivity contribution >= 4 is 60.8 Å². The summed E-state index contributed by atoms with van der Waals surface area (Å²) in [5, 5.41) is 10.2. The second kappa shape index (κ2) is 5.37. The lowest BCUT2D eigenvalue weighted by molar-refractivity contribution is 0.103. The van der Waals surface area contributed by atoms with Crippen molar-refractivity contribution in [2.24, 2.45) is 0 Å². The molecular weight excluding hydrogens is 407 g/mol. The highest BCUT2D eigenvalue weighted by Gasteiger charge is 2.23. The molecule has 0 aromatic heterocycles. The lowest BCUT2D eigenvalue weighted by Crippen LogP contribution is -2.03. The minimum atomic E-state index is -0.289. The number of phenolic OH excluding ortho intramolecular Hbond substituents is 1. The molecule has 1 aromatic rings. The number of carbonyl (C=O) groups excluding carboxylic acids is 1. The molecule has 2 rings (SSSR count). The third-order valence-corrected chi connectivity index (χ3v) is 4.92. The number of rotatable bonds is 2. The highest BCUT2D eigenvalue weighted by molar-refractivity contribution is 9.14. The Hall–Kier alpha value is -0.290. The van der Waals surface area contributed by atoms with Crippen LogP contribution >= 0.6 is 55.1 Å². The Labute approximate surface area is 131 Å². The first-order valence-corrected chi connectivity index (χ1v) is 7.21. The summed E-state index contributed by atoms with van der Waals surface area (Å²) in [6.07, 6.45) is 2.18. The van der Waals surface area contributed by atoms with Crippen LogP contribution in [0.5, 0.6) is 5.75 Å². The van der Waals surface area contributed by atoms with Crippen molar-refractivity contribution in [1.82, 2.24) is 0 Å². The zero-order valence-corrected chi connectivity index (χ0v) is 13.5. The van der Waals surface area contributed by atoms with Crippen molar-refractivity contribution in [3.63, 3.8) is 0 Å². The summed E-state index contributed by atoms with van der Waals surface area (Å²) in [6, 6.07) is 2.80. The molecule has 0 spiro atoms. The number of hydrogen-bond donors (Lipinski definition) is 1. The molecule has 6 heteroatoms. The van der Waals surface area contributed by atoms with Crippen LogP contribution in [0.3, 0.4) is 0 Å². The molecule has 0 saturated carbocycles. The number of Topliss-reactive ketones (excluding diaryl/α,β-unsaturated/α-hetero) is 1. The zero-order chi connectivity index (χ0) is 13.4. The molecule has 2 nitrogen and oxygen atoms in total. The Bertz CT molecular complexity index is 606. The molecule has 1 aliphatic rings. The molecular formula is C12H6Br2Cl2O2. The number of phenols is 1. The fraction of sp³-hybridized carbons (Fsp3) is 0.0833. The minimum absolute atomic E-state index is 0.0653. The zero-order valence-electron chi connectivity index (χ0n) is 8.81. The van der Waals surface area contributed by atoms with E-state index in [1.54, 1.807) is 6.08 Å². The van der Waals surface area contributed by atoms with Gasteiger partial charge in [-0.1, -0.05) is 39.1 Å². The molecule has 1 N–H and O–H groups in total. The molecule has 0 bridgehead atoms. The maximum absolute atomic E-state index is 12.2. The van der Waals surface area contributed by atoms with Crippen LogP contribution in [-0.4, -0.2) is 10.9 Å². The van der Waals surface area contributed by atoms with E-state index in [9.17, 15) is 9.90 Å². The summed E-state index contributed by atoms with van der Waals surface area (Å²) in [4.78, 5) is 12.2. The largest absolute Gasteiger partial charge is 0.506 e. The van der Waals surface area contributed by atoms with E-state index in [4.69, 9.17) is 23.2 Å². The van der Waals surface area contributed by atoms with Crippen LogP contribution in [0, 0.1) is 0 Å². The maximum Gasteiger partial charge on any atom is 0.193 e. The van der Waals surface area contributed by atoms with Gasteiger partial charge in [-0.05, 0) is 34.1 Å². The average Bonchev–Trinajstić information content (AvgIpc) is 2.63. The lowest BCUT2D eigenvalue weighted by atomic mass is 10.0. The third-order valence-electron chi connectivity index (χ3n) is 2.47. The standard InChI is InChI=1S/C12H6Br2Cl2O2/c13-8-1-5(2-9(8)14)11(17)7-3-6(15)4-10(16)12(7)18/h1,3-4,18H,2H2. The van der Waals surface area contributed by atoms with E-state index < -0.39 is 0 Å². The van der Waals surface area contributed by atoms with Gasteiger partial charge in [-0.15, -0.1) is 0 Å². The highest BCUT2D eigenvalue weighted by Crippen LogP contribution is 2.38. The summed E-state index contributed by atoms with van der Waals surface area (Å²) >= 11 is 18.3. The van der Waals surface area contributed by atoms with Gasteiger partial charge >= 0.3 is 0 Å². The first-order valence-electron chi connectivity index (χ1n) is 4.87. The van der Waals surface area contributed by atoms with Gasteiger partial charge in [-0.25, -0.2) is 0 Å². The molecule has 0 aliphatic heterocycles. The topological polar surface area (TPSA) is 37.3 Å². The fourth-order valence-electron chi connectivity index (χ4n) is 1.59. The van der Waals surface area contributed by atoms with Crippen molar-refractivity contribution in [1.29, 1.82) is 0 Å². The molecule has 0 atom stereocenters. The van der Waals surface area contributed by atoms with E-state index in [0.29, 0.717) is 17.0 Å².